The third-order valence-corrected chi connectivity index (χ3v) is 4.05. The Kier molecular flexibility index (Phi) is 3.88. The summed E-state index contributed by atoms with van der Waals surface area (Å²) < 4.78 is 14.6. The smallest absolute Gasteiger partial charge is 0.141 e. The third-order valence-electron chi connectivity index (χ3n) is 3.44. The highest BCUT2D eigenvalue weighted by atomic mass is 79.9. The van der Waals surface area contributed by atoms with Gasteiger partial charge in [-0.25, -0.2) is 4.39 Å². The molecule has 0 aromatic heterocycles. The molecule has 94 valence electrons. The fourth-order valence-electron chi connectivity index (χ4n) is 2.04. The SMILES string of the molecule is CC(C)(CCNC1CC1)c1cccc(Br)c1F. The molecule has 0 bridgehead atoms. The van der Waals surface area contributed by atoms with Gasteiger partial charge in [0, 0.05) is 6.04 Å². The van der Waals surface area contributed by atoms with E-state index in [1.54, 1.807) is 6.07 Å². The van der Waals surface area contributed by atoms with Gasteiger partial charge in [0.25, 0.3) is 0 Å². The minimum Gasteiger partial charge on any atom is -0.314 e. The molecule has 0 unspecified atom stereocenters. The van der Waals surface area contributed by atoms with E-state index in [9.17, 15) is 4.39 Å². The van der Waals surface area contributed by atoms with Crippen molar-refractivity contribution in [3.8, 4) is 0 Å². The lowest BCUT2D eigenvalue weighted by molar-refractivity contribution is 0.432. The maximum atomic E-state index is 14.0. The molecule has 1 aromatic carbocycles. The Balaban J connectivity index is 2.03. The summed E-state index contributed by atoms with van der Waals surface area (Å²) in [6.07, 6.45) is 3.55. The van der Waals surface area contributed by atoms with Crippen LogP contribution in [0.1, 0.15) is 38.7 Å². The number of nitrogens with one attached hydrogen (secondary N) is 1. The minimum atomic E-state index is -0.129. The molecule has 1 aliphatic carbocycles. The Labute approximate surface area is 111 Å². The van der Waals surface area contributed by atoms with Crippen molar-refractivity contribution in [2.45, 2.75) is 44.6 Å². The Morgan fingerprint density at radius 3 is 2.76 bits per heavy atom. The summed E-state index contributed by atoms with van der Waals surface area (Å²) >= 11 is 3.25. The number of benzene rings is 1. The van der Waals surface area contributed by atoms with E-state index in [4.69, 9.17) is 0 Å². The summed E-state index contributed by atoms with van der Waals surface area (Å²) in [5.74, 6) is -0.121. The summed E-state index contributed by atoms with van der Waals surface area (Å²) in [6.45, 7) is 5.17. The van der Waals surface area contributed by atoms with Gasteiger partial charge in [-0.05, 0) is 58.8 Å². The molecule has 0 saturated heterocycles. The molecular weight excluding hydrogens is 281 g/mol. The molecule has 2 rings (SSSR count). The van der Waals surface area contributed by atoms with Crippen molar-refractivity contribution in [1.29, 1.82) is 0 Å². The van der Waals surface area contributed by atoms with Crippen molar-refractivity contribution in [1.82, 2.24) is 5.32 Å². The van der Waals surface area contributed by atoms with E-state index in [0.29, 0.717) is 4.47 Å². The zero-order valence-corrected chi connectivity index (χ0v) is 12.0. The van der Waals surface area contributed by atoms with E-state index < -0.39 is 0 Å². The third kappa shape index (κ3) is 3.29. The number of hydrogen-bond donors (Lipinski definition) is 1. The lowest BCUT2D eigenvalue weighted by Crippen LogP contribution is -2.27. The van der Waals surface area contributed by atoms with Gasteiger partial charge in [0.1, 0.15) is 5.82 Å². The first-order valence-corrected chi connectivity index (χ1v) is 6.98. The molecule has 0 heterocycles. The van der Waals surface area contributed by atoms with Crippen LogP contribution in [-0.2, 0) is 5.41 Å². The highest BCUT2D eigenvalue weighted by Crippen LogP contribution is 2.32. The van der Waals surface area contributed by atoms with Crippen molar-refractivity contribution < 1.29 is 4.39 Å². The maximum absolute atomic E-state index is 14.0. The molecule has 3 heteroatoms. The second-order valence-corrected chi connectivity index (χ2v) is 6.32. The fourth-order valence-corrected chi connectivity index (χ4v) is 2.40. The van der Waals surface area contributed by atoms with Gasteiger partial charge in [-0.15, -0.1) is 0 Å². The summed E-state index contributed by atoms with van der Waals surface area (Å²) in [4.78, 5) is 0. The quantitative estimate of drug-likeness (QED) is 0.866. The molecule has 0 radical (unpaired) electrons. The van der Waals surface area contributed by atoms with Crippen LogP contribution in [0.3, 0.4) is 0 Å². The molecule has 0 amide bonds. The molecule has 1 fully saturated rings. The Hall–Kier alpha value is -0.410. The van der Waals surface area contributed by atoms with E-state index in [1.807, 2.05) is 12.1 Å². The van der Waals surface area contributed by atoms with E-state index in [0.717, 1.165) is 24.6 Å². The van der Waals surface area contributed by atoms with Gasteiger partial charge in [0.05, 0.1) is 4.47 Å². The van der Waals surface area contributed by atoms with Crippen molar-refractivity contribution >= 4 is 15.9 Å². The zero-order valence-electron chi connectivity index (χ0n) is 10.4. The second-order valence-electron chi connectivity index (χ2n) is 5.46. The molecule has 0 atom stereocenters. The summed E-state index contributed by atoms with van der Waals surface area (Å²) in [7, 11) is 0. The van der Waals surface area contributed by atoms with Crippen LogP contribution in [-0.4, -0.2) is 12.6 Å². The normalized spacial score (nSPS) is 16.2. The number of hydrogen-bond acceptors (Lipinski definition) is 1. The highest BCUT2D eigenvalue weighted by molar-refractivity contribution is 9.10. The molecular formula is C14H19BrFN. The van der Waals surface area contributed by atoms with Gasteiger partial charge in [-0.2, -0.15) is 0 Å². The van der Waals surface area contributed by atoms with Crippen LogP contribution in [0, 0.1) is 5.82 Å². The minimum absolute atomic E-state index is 0.121. The van der Waals surface area contributed by atoms with Crippen molar-refractivity contribution in [2.24, 2.45) is 0 Å². The van der Waals surface area contributed by atoms with Crippen LogP contribution in [0.4, 0.5) is 4.39 Å². The van der Waals surface area contributed by atoms with Gasteiger partial charge < -0.3 is 5.32 Å². The molecule has 1 saturated carbocycles. The number of rotatable bonds is 5. The molecule has 0 aliphatic heterocycles. The predicted octanol–water partition coefficient (Wildman–Crippen LogP) is 4.01. The highest BCUT2D eigenvalue weighted by Gasteiger charge is 2.26. The summed E-state index contributed by atoms with van der Waals surface area (Å²) in [5, 5.41) is 3.48. The first-order chi connectivity index (χ1) is 8.00. The fraction of sp³-hybridized carbons (Fsp3) is 0.571. The van der Waals surface area contributed by atoms with E-state index >= 15 is 0 Å². The average molecular weight is 300 g/mol. The van der Waals surface area contributed by atoms with Crippen LogP contribution in [0.15, 0.2) is 22.7 Å². The van der Waals surface area contributed by atoms with Crippen LogP contribution in [0.2, 0.25) is 0 Å². The molecule has 0 spiro atoms. The Morgan fingerprint density at radius 1 is 1.41 bits per heavy atom. The van der Waals surface area contributed by atoms with Gasteiger partial charge in [0.2, 0.25) is 0 Å². The molecule has 1 aromatic rings. The lowest BCUT2D eigenvalue weighted by Gasteiger charge is -2.26. The van der Waals surface area contributed by atoms with Crippen LogP contribution < -0.4 is 5.32 Å². The van der Waals surface area contributed by atoms with E-state index in [-0.39, 0.29) is 11.2 Å². The van der Waals surface area contributed by atoms with Gasteiger partial charge >= 0.3 is 0 Å². The first kappa shape index (κ1) is 13.0. The maximum Gasteiger partial charge on any atom is 0.141 e. The Bertz CT molecular complexity index is 399. The monoisotopic (exact) mass is 299 g/mol. The number of halogens is 2. The topological polar surface area (TPSA) is 12.0 Å². The molecule has 1 nitrogen and oxygen atoms in total. The van der Waals surface area contributed by atoms with E-state index in [1.165, 1.54) is 12.8 Å². The first-order valence-electron chi connectivity index (χ1n) is 6.18. The van der Waals surface area contributed by atoms with Crippen LogP contribution >= 0.6 is 15.9 Å². The van der Waals surface area contributed by atoms with Crippen molar-refractivity contribution in [2.75, 3.05) is 6.54 Å². The summed E-state index contributed by atoms with van der Waals surface area (Å²) in [5.41, 5.74) is 0.667. The van der Waals surface area contributed by atoms with Gasteiger partial charge in [0.15, 0.2) is 0 Å². The molecule has 1 N–H and O–H groups in total. The largest absolute Gasteiger partial charge is 0.314 e. The van der Waals surface area contributed by atoms with Gasteiger partial charge in [-0.1, -0.05) is 26.0 Å². The van der Waals surface area contributed by atoms with Gasteiger partial charge in [-0.3, -0.25) is 0 Å². The van der Waals surface area contributed by atoms with E-state index in [2.05, 4.69) is 35.1 Å². The second kappa shape index (κ2) is 5.07. The standard InChI is InChI=1S/C14H19BrFN/c1-14(2,8-9-17-10-6-7-10)11-4-3-5-12(15)13(11)16/h3-5,10,17H,6-9H2,1-2H3. The van der Waals surface area contributed by atoms with Crippen LogP contribution in [0.25, 0.3) is 0 Å². The summed E-state index contributed by atoms with van der Waals surface area (Å²) in [6, 6.07) is 6.26. The predicted molar refractivity (Wildman–Crippen MR) is 72.8 cm³/mol. The zero-order chi connectivity index (χ0) is 12.5. The van der Waals surface area contributed by atoms with Crippen molar-refractivity contribution in [3.63, 3.8) is 0 Å². The molecule has 17 heavy (non-hydrogen) atoms. The van der Waals surface area contributed by atoms with Crippen molar-refractivity contribution in [3.05, 3.63) is 34.1 Å². The Morgan fingerprint density at radius 2 is 2.12 bits per heavy atom. The molecule has 1 aliphatic rings. The lowest BCUT2D eigenvalue weighted by atomic mass is 9.81. The van der Waals surface area contributed by atoms with Crippen LogP contribution in [0.5, 0.6) is 0 Å². The average Bonchev–Trinajstić information content (AvgIpc) is 3.05.